The summed E-state index contributed by atoms with van der Waals surface area (Å²) in [6.45, 7) is 3.07. The first-order chi connectivity index (χ1) is 20.8. The Hall–Kier alpha value is -3.96. The lowest BCUT2D eigenvalue weighted by Crippen LogP contribution is -2.59. The number of phenolic OH excluding ortho intramolecular Hbond substituents is 1. The van der Waals surface area contributed by atoms with Crippen LogP contribution in [0.4, 0.5) is 0 Å². The van der Waals surface area contributed by atoms with Crippen molar-refractivity contribution in [2.45, 2.75) is 50.5 Å². The molecule has 43 heavy (non-hydrogen) atoms. The zero-order valence-corrected chi connectivity index (χ0v) is 25.0. The number of aromatic hydroxyl groups is 1. The van der Waals surface area contributed by atoms with Crippen molar-refractivity contribution in [2.24, 2.45) is 11.8 Å². The van der Waals surface area contributed by atoms with E-state index in [-0.39, 0.29) is 40.7 Å². The third-order valence-corrected chi connectivity index (χ3v) is 9.33. The monoisotopic (exact) mass is 594 g/mol. The Morgan fingerprint density at radius 2 is 1.70 bits per heavy atom. The lowest BCUT2D eigenvalue weighted by Gasteiger charge is -2.53. The minimum Gasteiger partial charge on any atom is -0.502 e. The van der Waals surface area contributed by atoms with Crippen LogP contribution in [-0.2, 0) is 25.4 Å². The first kappa shape index (κ1) is 29.1. The maximum atomic E-state index is 13.4. The molecular weight excluding hydrogens is 556 g/mol. The quantitative estimate of drug-likeness (QED) is 0.387. The number of methoxy groups -OCH3 is 4. The molecule has 2 N–H and O–H groups in total. The maximum absolute atomic E-state index is 13.4. The summed E-state index contributed by atoms with van der Waals surface area (Å²) in [7, 11) is 6.00. The van der Waals surface area contributed by atoms with E-state index in [0.717, 1.165) is 37.2 Å². The van der Waals surface area contributed by atoms with E-state index in [1.807, 2.05) is 12.1 Å². The largest absolute Gasteiger partial charge is 0.502 e. The average Bonchev–Trinajstić information content (AvgIpc) is 3.38. The Labute approximate surface area is 249 Å². The fraction of sp³-hybridized carbons (Fsp3) is 0.500. The normalized spacial score (nSPS) is 26.5. The molecule has 1 saturated heterocycles. The minimum atomic E-state index is -0.661. The van der Waals surface area contributed by atoms with E-state index in [9.17, 15) is 14.7 Å². The Morgan fingerprint density at radius 3 is 2.35 bits per heavy atom. The summed E-state index contributed by atoms with van der Waals surface area (Å²) in [5, 5.41) is 11.5. The molecule has 0 bridgehead atoms. The van der Waals surface area contributed by atoms with Crippen LogP contribution in [0.2, 0.25) is 0 Å². The molecule has 2 fully saturated rings. The highest BCUT2D eigenvalue weighted by Crippen LogP contribution is 2.49. The molecule has 2 unspecified atom stereocenters. The fourth-order valence-electron chi connectivity index (χ4n) is 7.41. The zero-order valence-electron chi connectivity index (χ0n) is 25.0. The molecule has 2 aromatic carbocycles. The second-order valence-electron chi connectivity index (χ2n) is 11.5. The molecule has 1 saturated carbocycles. The topological polar surface area (TPSA) is 129 Å². The third kappa shape index (κ3) is 5.14. The second kappa shape index (κ2) is 11.6. The van der Waals surface area contributed by atoms with Crippen molar-refractivity contribution in [3.05, 3.63) is 47.2 Å². The van der Waals surface area contributed by atoms with Crippen LogP contribution in [0.5, 0.6) is 23.0 Å². The molecule has 3 heterocycles. The number of carbonyl (C=O) groups is 2. The lowest BCUT2D eigenvalue weighted by atomic mass is 9.67. The number of benzene rings is 2. The van der Waals surface area contributed by atoms with Crippen molar-refractivity contribution < 1.29 is 43.1 Å². The average molecular weight is 595 g/mol. The van der Waals surface area contributed by atoms with Crippen LogP contribution in [0.15, 0.2) is 30.3 Å². The van der Waals surface area contributed by atoms with Crippen LogP contribution in [0.3, 0.4) is 0 Å². The summed E-state index contributed by atoms with van der Waals surface area (Å²) in [4.78, 5) is 31.9. The van der Waals surface area contributed by atoms with Gasteiger partial charge in [0.2, 0.25) is 5.75 Å². The highest BCUT2D eigenvalue weighted by molar-refractivity contribution is 5.91. The molecule has 1 aromatic heterocycles. The van der Waals surface area contributed by atoms with Gasteiger partial charge in [-0.2, -0.15) is 0 Å². The van der Waals surface area contributed by atoms with Gasteiger partial charge in [-0.05, 0) is 55.0 Å². The van der Waals surface area contributed by atoms with Crippen molar-refractivity contribution >= 4 is 22.8 Å². The molecule has 0 spiro atoms. The Morgan fingerprint density at radius 1 is 0.953 bits per heavy atom. The number of carbonyl (C=O) groups excluding carboxylic acids is 2. The lowest BCUT2D eigenvalue weighted by molar-refractivity contribution is -0.192. The Balaban J connectivity index is 1.29. The van der Waals surface area contributed by atoms with Gasteiger partial charge in [0.1, 0.15) is 24.1 Å². The first-order valence-corrected chi connectivity index (χ1v) is 14.5. The fourth-order valence-corrected chi connectivity index (χ4v) is 7.41. The van der Waals surface area contributed by atoms with Crippen molar-refractivity contribution in [1.82, 2.24) is 9.88 Å². The number of aromatic nitrogens is 1. The Bertz CT molecular complexity index is 1510. The number of esters is 2. The van der Waals surface area contributed by atoms with Gasteiger partial charge < -0.3 is 38.5 Å². The number of fused-ring (bicyclic) bond motifs is 6. The summed E-state index contributed by atoms with van der Waals surface area (Å²) in [5.41, 5.74) is 3.74. The molecule has 230 valence electrons. The molecule has 2 aliphatic heterocycles. The summed E-state index contributed by atoms with van der Waals surface area (Å²) in [6, 6.07) is 9.09. The summed E-state index contributed by atoms with van der Waals surface area (Å²) < 4.78 is 33.8. The van der Waals surface area contributed by atoms with Crippen LogP contribution in [0.25, 0.3) is 10.9 Å². The van der Waals surface area contributed by atoms with Crippen LogP contribution < -0.4 is 14.2 Å². The molecule has 6 atom stereocenters. The van der Waals surface area contributed by atoms with Gasteiger partial charge in [0.25, 0.3) is 0 Å². The molecule has 1 aliphatic carbocycles. The van der Waals surface area contributed by atoms with Gasteiger partial charge in [-0.25, -0.2) is 4.79 Å². The van der Waals surface area contributed by atoms with E-state index >= 15 is 0 Å². The van der Waals surface area contributed by atoms with E-state index in [4.69, 9.17) is 28.4 Å². The second-order valence-corrected chi connectivity index (χ2v) is 11.5. The number of nitrogens with zero attached hydrogens (tertiary/aromatic N) is 1. The SMILES string of the molecule is COc1ccc2c3c([nH]c2c1)[C@H]1CC2C(C[C@@H](OC(=O)c4cc(OC)c(O)c(OC)c4)[C@@H](OC)[C@H]2OC(C)=O)CN1CC3. The summed E-state index contributed by atoms with van der Waals surface area (Å²) in [5.74, 6) is -0.123. The highest BCUT2D eigenvalue weighted by atomic mass is 16.6. The van der Waals surface area contributed by atoms with Crippen molar-refractivity contribution in [1.29, 1.82) is 0 Å². The van der Waals surface area contributed by atoms with Gasteiger partial charge >= 0.3 is 11.9 Å². The number of rotatable bonds is 7. The molecule has 6 rings (SSSR count). The Kier molecular flexibility index (Phi) is 7.87. The molecule has 0 radical (unpaired) electrons. The molecule has 3 aliphatic rings. The molecular formula is C32H38N2O9. The van der Waals surface area contributed by atoms with E-state index < -0.39 is 30.3 Å². The van der Waals surface area contributed by atoms with Gasteiger partial charge in [-0.3, -0.25) is 9.69 Å². The van der Waals surface area contributed by atoms with Crippen LogP contribution >= 0.6 is 0 Å². The number of H-pyrrole nitrogens is 1. The number of nitrogens with one attached hydrogen (secondary N) is 1. The standard InChI is InChI=1S/C32H38N2O9/c1-16(35)42-30-22-14-24-28-21(20-7-6-19(38-2)13-23(20)33-28)8-9-34(24)15-18(22)12-27(31(30)41-5)43-32(37)17-10-25(39-3)29(36)26(11-17)40-4/h6-7,10-11,13,18,22,24,27,30-31,33,36H,8-9,12,14-15H2,1-5H3/t18?,22?,24-,27-,30+,31-/m1/s1. The first-order valence-electron chi connectivity index (χ1n) is 14.5. The number of phenols is 1. The van der Waals surface area contributed by atoms with Gasteiger partial charge in [-0.15, -0.1) is 0 Å². The third-order valence-electron chi connectivity index (χ3n) is 9.33. The van der Waals surface area contributed by atoms with Gasteiger partial charge in [-0.1, -0.05) is 0 Å². The molecule has 11 heteroatoms. The molecule has 11 nitrogen and oxygen atoms in total. The van der Waals surface area contributed by atoms with Crippen molar-refractivity contribution in [2.75, 3.05) is 41.5 Å². The predicted octanol–water partition coefficient (Wildman–Crippen LogP) is 4.01. The van der Waals surface area contributed by atoms with Gasteiger partial charge in [0.15, 0.2) is 11.5 Å². The summed E-state index contributed by atoms with van der Waals surface area (Å²) in [6.07, 6.45) is 0.334. The van der Waals surface area contributed by atoms with Crippen molar-refractivity contribution in [3.63, 3.8) is 0 Å². The predicted molar refractivity (Wildman–Crippen MR) is 156 cm³/mol. The highest BCUT2D eigenvalue weighted by Gasteiger charge is 2.53. The molecule has 0 amide bonds. The summed E-state index contributed by atoms with van der Waals surface area (Å²) >= 11 is 0. The number of hydrogen-bond donors (Lipinski definition) is 2. The van der Waals surface area contributed by atoms with Gasteiger partial charge in [0, 0.05) is 55.7 Å². The van der Waals surface area contributed by atoms with E-state index in [1.165, 1.54) is 49.9 Å². The maximum Gasteiger partial charge on any atom is 0.338 e. The van der Waals surface area contributed by atoms with Crippen LogP contribution in [0.1, 0.15) is 47.4 Å². The van der Waals surface area contributed by atoms with E-state index in [2.05, 4.69) is 16.0 Å². The zero-order chi connectivity index (χ0) is 30.4. The van der Waals surface area contributed by atoms with Crippen molar-refractivity contribution in [3.8, 4) is 23.0 Å². The number of piperidine rings is 1. The number of aromatic amines is 1. The number of ether oxygens (including phenoxy) is 6. The minimum absolute atomic E-state index is 0.00538. The number of hydrogen-bond acceptors (Lipinski definition) is 10. The van der Waals surface area contributed by atoms with Crippen LogP contribution in [0, 0.1) is 11.8 Å². The van der Waals surface area contributed by atoms with Gasteiger partial charge in [0.05, 0.1) is 32.9 Å². The van der Waals surface area contributed by atoms with E-state index in [1.54, 1.807) is 14.2 Å². The van der Waals surface area contributed by atoms with Crippen LogP contribution in [-0.4, -0.2) is 86.8 Å². The molecule has 3 aromatic rings. The van der Waals surface area contributed by atoms with E-state index in [0.29, 0.717) is 6.42 Å². The smallest absolute Gasteiger partial charge is 0.338 e.